The molecule has 0 radical (unpaired) electrons. The molecule has 0 aromatic heterocycles. The molecule has 17 heavy (non-hydrogen) atoms. The SMILES string of the molecule is CC(CCCCN1CCCC1)C1CCCN1C. The van der Waals surface area contributed by atoms with Gasteiger partial charge in [0.25, 0.3) is 0 Å². The van der Waals surface area contributed by atoms with Gasteiger partial charge in [0.1, 0.15) is 0 Å². The largest absolute Gasteiger partial charge is 0.303 e. The van der Waals surface area contributed by atoms with Crippen molar-refractivity contribution in [3.05, 3.63) is 0 Å². The molecule has 0 N–H and O–H groups in total. The predicted octanol–water partition coefficient (Wildman–Crippen LogP) is 2.98. The Bertz CT molecular complexity index is 211. The van der Waals surface area contributed by atoms with Crippen LogP contribution in [0.4, 0.5) is 0 Å². The number of hydrogen-bond donors (Lipinski definition) is 0. The second-order valence-corrected chi connectivity index (χ2v) is 6.21. The van der Waals surface area contributed by atoms with Gasteiger partial charge in [-0.1, -0.05) is 13.3 Å². The van der Waals surface area contributed by atoms with Crippen molar-refractivity contribution in [1.82, 2.24) is 9.80 Å². The van der Waals surface area contributed by atoms with E-state index in [4.69, 9.17) is 0 Å². The Hall–Kier alpha value is -0.0800. The van der Waals surface area contributed by atoms with Crippen LogP contribution in [-0.4, -0.2) is 49.1 Å². The van der Waals surface area contributed by atoms with Crippen LogP contribution < -0.4 is 0 Å². The van der Waals surface area contributed by atoms with Gasteiger partial charge in [0.2, 0.25) is 0 Å². The molecule has 0 saturated carbocycles. The summed E-state index contributed by atoms with van der Waals surface area (Å²) < 4.78 is 0. The van der Waals surface area contributed by atoms with Gasteiger partial charge in [0, 0.05) is 6.04 Å². The van der Waals surface area contributed by atoms with E-state index in [1.54, 1.807) is 0 Å². The van der Waals surface area contributed by atoms with Crippen LogP contribution in [0.1, 0.15) is 51.9 Å². The van der Waals surface area contributed by atoms with Crippen LogP contribution in [0.15, 0.2) is 0 Å². The lowest BCUT2D eigenvalue weighted by Gasteiger charge is -2.26. The fraction of sp³-hybridized carbons (Fsp3) is 1.00. The highest BCUT2D eigenvalue weighted by Crippen LogP contribution is 2.25. The van der Waals surface area contributed by atoms with Crippen LogP contribution in [0.2, 0.25) is 0 Å². The average Bonchev–Trinajstić information content (AvgIpc) is 2.95. The summed E-state index contributed by atoms with van der Waals surface area (Å²) in [5.74, 6) is 0.904. The lowest BCUT2D eigenvalue weighted by atomic mass is 9.94. The van der Waals surface area contributed by atoms with E-state index in [1.807, 2.05) is 0 Å². The van der Waals surface area contributed by atoms with Crippen molar-refractivity contribution in [1.29, 1.82) is 0 Å². The Morgan fingerprint density at radius 1 is 1.06 bits per heavy atom. The van der Waals surface area contributed by atoms with Crippen molar-refractivity contribution in [3.8, 4) is 0 Å². The summed E-state index contributed by atoms with van der Waals surface area (Å²) in [6.07, 6.45) is 10.0. The van der Waals surface area contributed by atoms with E-state index in [9.17, 15) is 0 Å². The minimum absolute atomic E-state index is 0.877. The first-order valence-electron chi connectivity index (χ1n) is 7.70. The molecule has 0 aromatic rings. The maximum atomic E-state index is 2.65. The van der Waals surface area contributed by atoms with Crippen LogP contribution in [-0.2, 0) is 0 Å². The monoisotopic (exact) mass is 238 g/mol. The summed E-state index contributed by atoms with van der Waals surface area (Å²) in [4.78, 5) is 5.22. The summed E-state index contributed by atoms with van der Waals surface area (Å²) in [6.45, 7) is 7.86. The molecule has 0 bridgehead atoms. The normalized spacial score (nSPS) is 28.9. The van der Waals surface area contributed by atoms with E-state index >= 15 is 0 Å². The second-order valence-electron chi connectivity index (χ2n) is 6.21. The average molecular weight is 238 g/mol. The molecule has 0 amide bonds. The van der Waals surface area contributed by atoms with Gasteiger partial charge in [-0.15, -0.1) is 0 Å². The number of hydrogen-bond acceptors (Lipinski definition) is 2. The highest BCUT2D eigenvalue weighted by Gasteiger charge is 2.25. The van der Waals surface area contributed by atoms with Gasteiger partial charge in [0.05, 0.1) is 0 Å². The van der Waals surface area contributed by atoms with Gasteiger partial charge in [-0.25, -0.2) is 0 Å². The molecular weight excluding hydrogens is 208 g/mol. The molecule has 100 valence electrons. The van der Waals surface area contributed by atoms with Crippen molar-refractivity contribution in [2.75, 3.05) is 33.2 Å². The Kier molecular flexibility index (Phi) is 5.30. The van der Waals surface area contributed by atoms with Gasteiger partial charge in [-0.05, 0) is 77.7 Å². The molecule has 0 aromatic carbocycles. The van der Waals surface area contributed by atoms with E-state index in [2.05, 4.69) is 23.8 Å². The zero-order chi connectivity index (χ0) is 12.1. The first-order chi connectivity index (χ1) is 8.27. The first kappa shape index (κ1) is 13.4. The lowest BCUT2D eigenvalue weighted by Crippen LogP contribution is -2.31. The molecule has 2 aliphatic rings. The molecule has 2 atom stereocenters. The van der Waals surface area contributed by atoms with Crippen LogP contribution in [0, 0.1) is 5.92 Å². The van der Waals surface area contributed by atoms with Gasteiger partial charge >= 0.3 is 0 Å². The lowest BCUT2D eigenvalue weighted by molar-refractivity contribution is 0.223. The molecule has 2 unspecified atom stereocenters. The quantitative estimate of drug-likeness (QED) is 0.656. The van der Waals surface area contributed by atoms with E-state index < -0.39 is 0 Å². The highest BCUT2D eigenvalue weighted by molar-refractivity contribution is 4.80. The first-order valence-corrected chi connectivity index (χ1v) is 7.70. The van der Waals surface area contributed by atoms with E-state index in [1.165, 1.54) is 71.1 Å². The Morgan fingerprint density at radius 2 is 1.82 bits per heavy atom. The molecule has 2 heterocycles. The van der Waals surface area contributed by atoms with Crippen molar-refractivity contribution < 1.29 is 0 Å². The zero-order valence-electron chi connectivity index (χ0n) is 11.8. The number of rotatable bonds is 6. The third-order valence-corrected chi connectivity index (χ3v) is 4.82. The standard InChI is InChI=1S/C15H30N2/c1-14(15-9-7-10-16(15)2)8-3-4-11-17-12-5-6-13-17/h14-15H,3-13H2,1-2H3. The second kappa shape index (κ2) is 6.75. The minimum Gasteiger partial charge on any atom is -0.303 e. The maximum absolute atomic E-state index is 2.65. The third kappa shape index (κ3) is 3.96. The molecule has 2 fully saturated rings. The zero-order valence-corrected chi connectivity index (χ0v) is 11.8. The van der Waals surface area contributed by atoms with E-state index in [0.717, 1.165) is 12.0 Å². The maximum Gasteiger partial charge on any atom is 0.0118 e. The Balaban J connectivity index is 1.54. The van der Waals surface area contributed by atoms with Crippen molar-refractivity contribution in [2.24, 2.45) is 5.92 Å². The Morgan fingerprint density at radius 3 is 2.47 bits per heavy atom. The summed E-state index contributed by atoms with van der Waals surface area (Å²) in [6, 6.07) is 0.877. The molecule has 2 rings (SSSR count). The summed E-state index contributed by atoms with van der Waals surface area (Å²) in [5, 5.41) is 0. The number of unbranched alkanes of at least 4 members (excludes halogenated alkanes) is 1. The number of nitrogens with zero attached hydrogens (tertiary/aromatic N) is 2. The molecule has 2 nitrogen and oxygen atoms in total. The number of likely N-dealkylation sites (tertiary alicyclic amines) is 2. The Labute approximate surface area is 107 Å². The molecule has 0 spiro atoms. The minimum atomic E-state index is 0.877. The van der Waals surface area contributed by atoms with Crippen LogP contribution in [0.3, 0.4) is 0 Å². The molecule has 0 aliphatic carbocycles. The molecular formula is C15H30N2. The van der Waals surface area contributed by atoms with Crippen molar-refractivity contribution in [2.45, 2.75) is 57.9 Å². The van der Waals surface area contributed by atoms with Gasteiger partial charge in [0.15, 0.2) is 0 Å². The fourth-order valence-electron chi connectivity index (χ4n) is 3.66. The molecule has 2 aliphatic heterocycles. The van der Waals surface area contributed by atoms with E-state index in [0.29, 0.717) is 0 Å². The highest BCUT2D eigenvalue weighted by atomic mass is 15.1. The smallest absolute Gasteiger partial charge is 0.0118 e. The summed E-state index contributed by atoms with van der Waals surface area (Å²) in [7, 11) is 2.30. The van der Waals surface area contributed by atoms with Gasteiger partial charge in [-0.2, -0.15) is 0 Å². The van der Waals surface area contributed by atoms with Gasteiger partial charge in [-0.3, -0.25) is 0 Å². The topological polar surface area (TPSA) is 6.48 Å². The van der Waals surface area contributed by atoms with Crippen LogP contribution in [0.25, 0.3) is 0 Å². The van der Waals surface area contributed by atoms with Crippen LogP contribution in [0.5, 0.6) is 0 Å². The fourth-order valence-corrected chi connectivity index (χ4v) is 3.66. The van der Waals surface area contributed by atoms with Crippen molar-refractivity contribution >= 4 is 0 Å². The summed E-state index contributed by atoms with van der Waals surface area (Å²) in [5.41, 5.74) is 0. The molecule has 2 heteroatoms. The van der Waals surface area contributed by atoms with Crippen LogP contribution >= 0.6 is 0 Å². The summed E-state index contributed by atoms with van der Waals surface area (Å²) >= 11 is 0. The van der Waals surface area contributed by atoms with Crippen molar-refractivity contribution in [3.63, 3.8) is 0 Å². The molecule has 2 saturated heterocycles. The third-order valence-electron chi connectivity index (χ3n) is 4.82. The van der Waals surface area contributed by atoms with Gasteiger partial charge < -0.3 is 9.80 Å². The van der Waals surface area contributed by atoms with E-state index in [-0.39, 0.29) is 0 Å². The predicted molar refractivity (Wildman–Crippen MR) is 74.3 cm³/mol.